The Kier molecular flexibility index (Phi) is 4.27. The fourth-order valence-electron chi connectivity index (χ4n) is 3.92. The molecule has 2 aliphatic rings. The molecule has 21 heavy (non-hydrogen) atoms. The number of hydrogen-bond donors (Lipinski definition) is 1. The Morgan fingerprint density at radius 2 is 2.19 bits per heavy atom. The quantitative estimate of drug-likeness (QED) is 0.927. The zero-order valence-electron chi connectivity index (χ0n) is 12.7. The average Bonchev–Trinajstić information content (AvgIpc) is 2.47. The van der Waals surface area contributed by atoms with E-state index in [2.05, 4.69) is 16.8 Å². The second kappa shape index (κ2) is 6.16. The van der Waals surface area contributed by atoms with Crippen LogP contribution in [-0.4, -0.2) is 53.6 Å². The molecule has 2 heterocycles. The Morgan fingerprint density at radius 1 is 1.33 bits per heavy atom. The van der Waals surface area contributed by atoms with Gasteiger partial charge in [-0.25, -0.2) is 4.79 Å². The molecular formula is C17H24N2O2. The van der Waals surface area contributed by atoms with E-state index in [0.717, 1.165) is 24.6 Å². The van der Waals surface area contributed by atoms with Crippen molar-refractivity contribution >= 4 is 5.97 Å². The molecule has 1 aromatic carbocycles. The monoisotopic (exact) mass is 288 g/mol. The van der Waals surface area contributed by atoms with E-state index in [1.165, 1.54) is 32.4 Å². The van der Waals surface area contributed by atoms with Crippen molar-refractivity contribution in [3.63, 3.8) is 0 Å². The molecule has 4 nitrogen and oxygen atoms in total. The van der Waals surface area contributed by atoms with Crippen LogP contribution in [0.2, 0.25) is 0 Å². The SMILES string of the molecule is CN1CCC2C(CCCN2Cc2cccc(C(=O)O)c2)C1. The van der Waals surface area contributed by atoms with Crippen molar-refractivity contribution in [2.24, 2.45) is 5.92 Å². The molecule has 1 aromatic rings. The highest BCUT2D eigenvalue weighted by Crippen LogP contribution is 2.31. The van der Waals surface area contributed by atoms with E-state index in [1.807, 2.05) is 18.2 Å². The van der Waals surface area contributed by atoms with Crippen molar-refractivity contribution in [3.05, 3.63) is 35.4 Å². The van der Waals surface area contributed by atoms with Gasteiger partial charge in [-0.2, -0.15) is 0 Å². The number of rotatable bonds is 3. The van der Waals surface area contributed by atoms with E-state index in [1.54, 1.807) is 6.07 Å². The number of benzene rings is 1. The zero-order chi connectivity index (χ0) is 14.8. The maximum Gasteiger partial charge on any atom is 0.335 e. The molecule has 0 aliphatic carbocycles. The summed E-state index contributed by atoms with van der Waals surface area (Å²) in [6.45, 7) is 4.40. The van der Waals surface area contributed by atoms with Gasteiger partial charge in [0.25, 0.3) is 0 Å². The lowest BCUT2D eigenvalue weighted by Gasteiger charge is -2.46. The van der Waals surface area contributed by atoms with Gasteiger partial charge < -0.3 is 10.0 Å². The molecular weight excluding hydrogens is 264 g/mol. The number of carboxylic acids is 1. The summed E-state index contributed by atoms with van der Waals surface area (Å²) in [5.41, 5.74) is 1.51. The highest BCUT2D eigenvalue weighted by molar-refractivity contribution is 5.87. The van der Waals surface area contributed by atoms with Gasteiger partial charge in [-0.3, -0.25) is 4.90 Å². The first kappa shape index (κ1) is 14.5. The summed E-state index contributed by atoms with van der Waals surface area (Å²) in [4.78, 5) is 16.1. The first-order valence-corrected chi connectivity index (χ1v) is 7.88. The Morgan fingerprint density at radius 3 is 3.00 bits per heavy atom. The van der Waals surface area contributed by atoms with Crippen LogP contribution in [0.15, 0.2) is 24.3 Å². The predicted octanol–water partition coefficient (Wildman–Crippen LogP) is 2.30. The molecule has 0 radical (unpaired) electrons. The maximum atomic E-state index is 11.1. The largest absolute Gasteiger partial charge is 0.478 e. The van der Waals surface area contributed by atoms with Gasteiger partial charge in [-0.1, -0.05) is 12.1 Å². The summed E-state index contributed by atoms with van der Waals surface area (Å²) in [5.74, 6) is -0.0622. The molecule has 2 atom stereocenters. The molecule has 1 N–H and O–H groups in total. The number of carbonyl (C=O) groups is 1. The summed E-state index contributed by atoms with van der Waals surface area (Å²) in [6.07, 6.45) is 3.83. The van der Waals surface area contributed by atoms with E-state index >= 15 is 0 Å². The van der Waals surface area contributed by atoms with Crippen LogP contribution in [0.3, 0.4) is 0 Å². The third-order valence-electron chi connectivity index (χ3n) is 4.95. The minimum absolute atomic E-state index is 0.393. The molecule has 114 valence electrons. The van der Waals surface area contributed by atoms with Gasteiger partial charge in [-0.05, 0) is 63.0 Å². The minimum Gasteiger partial charge on any atom is -0.478 e. The number of hydrogen-bond acceptors (Lipinski definition) is 3. The second-order valence-corrected chi connectivity index (χ2v) is 6.50. The van der Waals surface area contributed by atoms with Crippen molar-refractivity contribution in [1.82, 2.24) is 9.80 Å². The van der Waals surface area contributed by atoms with Crippen LogP contribution < -0.4 is 0 Å². The number of piperidine rings is 2. The van der Waals surface area contributed by atoms with Gasteiger partial charge in [0.1, 0.15) is 0 Å². The molecule has 2 unspecified atom stereocenters. The average molecular weight is 288 g/mol. The zero-order valence-corrected chi connectivity index (χ0v) is 12.7. The molecule has 4 heteroatoms. The van der Waals surface area contributed by atoms with E-state index in [9.17, 15) is 4.79 Å². The van der Waals surface area contributed by atoms with Crippen molar-refractivity contribution in [2.45, 2.75) is 31.8 Å². The molecule has 0 saturated carbocycles. The van der Waals surface area contributed by atoms with Crippen LogP contribution in [0.25, 0.3) is 0 Å². The number of likely N-dealkylation sites (tertiary alicyclic amines) is 2. The minimum atomic E-state index is -0.840. The van der Waals surface area contributed by atoms with Gasteiger partial charge in [0.05, 0.1) is 5.56 Å². The molecule has 3 rings (SSSR count). The molecule has 0 spiro atoms. The Labute approximate surface area is 126 Å². The number of aromatic carboxylic acids is 1. The standard InChI is InChI=1S/C17H24N2O2/c1-18-9-7-16-15(12-18)6-3-8-19(16)11-13-4-2-5-14(10-13)17(20)21/h2,4-5,10,15-16H,3,6-9,11-12H2,1H3,(H,20,21). The number of fused-ring (bicyclic) bond motifs is 1. The van der Waals surface area contributed by atoms with Gasteiger partial charge in [-0.15, -0.1) is 0 Å². The van der Waals surface area contributed by atoms with Gasteiger partial charge in [0.2, 0.25) is 0 Å². The summed E-state index contributed by atoms with van der Waals surface area (Å²) >= 11 is 0. The maximum absolute atomic E-state index is 11.1. The molecule has 2 aliphatic heterocycles. The van der Waals surface area contributed by atoms with Crippen molar-refractivity contribution in [1.29, 1.82) is 0 Å². The molecule has 0 aromatic heterocycles. The highest BCUT2D eigenvalue weighted by atomic mass is 16.4. The van der Waals surface area contributed by atoms with Crippen LogP contribution in [0.4, 0.5) is 0 Å². The third-order valence-corrected chi connectivity index (χ3v) is 4.95. The Balaban J connectivity index is 1.71. The van der Waals surface area contributed by atoms with Gasteiger partial charge in [0, 0.05) is 19.1 Å². The van der Waals surface area contributed by atoms with Crippen LogP contribution >= 0.6 is 0 Å². The summed E-state index contributed by atoms with van der Waals surface area (Å²) < 4.78 is 0. The summed E-state index contributed by atoms with van der Waals surface area (Å²) in [6, 6.07) is 8.06. The first-order chi connectivity index (χ1) is 10.1. The molecule has 2 saturated heterocycles. The fraction of sp³-hybridized carbons (Fsp3) is 0.588. The smallest absolute Gasteiger partial charge is 0.335 e. The van der Waals surface area contributed by atoms with Crippen molar-refractivity contribution in [2.75, 3.05) is 26.7 Å². The molecule has 0 amide bonds. The summed E-state index contributed by atoms with van der Waals surface area (Å²) in [7, 11) is 2.21. The highest BCUT2D eigenvalue weighted by Gasteiger charge is 2.34. The van der Waals surface area contributed by atoms with Crippen LogP contribution in [0.1, 0.15) is 35.2 Å². The van der Waals surface area contributed by atoms with E-state index in [4.69, 9.17) is 5.11 Å². The number of carboxylic acid groups (broad SMARTS) is 1. The first-order valence-electron chi connectivity index (χ1n) is 7.88. The van der Waals surface area contributed by atoms with Crippen LogP contribution in [0, 0.1) is 5.92 Å². The lowest BCUT2D eigenvalue weighted by atomic mass is 9.84. The normalized spacial score (nSPS) is 27.3. The van der Waals surface area contributed by atoms with Crippen molar-refractivity contribution < 1.29 is 9.90 Å². The Hall–Kier alpha value is -1.39. The van der Waals surface area contributed by atoms with Gasteiger partial charge in [0.15, 0.2) is 0 Å². The molecule has 0 bridgehead atoms. The Bertz CT molecular complexity index is 517. The fourth-order valence-corrected chi connectivity index (χ4v) is 3.92. The van der Waals surface area contributed by atoms with E-state index in [0.29, 0.717) is 11.6 Å². The van der Waals surface area contributed by atoms with Crippen LogP contribution in [0.5, 0.6) is 0 Å². The lowest BCUT2D eigenvalue weighted by Crippen LogP contribution is -2.52. The second-order valence-electron chi connectivity index (χ2n) is 6.50. The summed E-state index contributed by atoms with van der Waals surface area (Å²) in [5, 5.41) is 9.11. The predicted molar refractivity (Wildman–Crippen MR) is 82.4 cm³/mol. The topological polar surface area (TPSA) is 43.8 Å². The van der Waals surface area contributed by atoms with E-state index in [-0.39, 0.29) is 0 Å². The van der Waals surface area contributed by atoms with E-state index < -0.39 is 5.97 Å². The lowest BCUT2D eigenvalue weighted by molar-refractivity contribution is 0.0266. The molecule has 2 fully saturated rings. The number of nitrogens with zero attached hydrogens (tertiary/aromatic N) is 2. The van der Waals surface area contributed by atoms with Crippen LogP contribution in [-0.2, 0) is 6.54 Å². The third kappa shape index (κ3) is 3.27. The van der Waals surface area contributed by atoms with Gasteiger partial charge >= 0.3 is 5.97 Å². The van der Waals surface area contributed by atoms with Crippen molar-refractivity contribution in [3.8, 4) is 0 Å².